The van der Waals surface area contributed by atoms with Gasteiger partial charge in [-0.1, -0.05) is 52.3 Å². The quantitative estimate of drug-likeness (QED) is 0.384. The van der Waals surface area contributed by atoms with Gasteiger partial charge in [-0.3, -0.25) is 9.69 Å². The first kappa shape index (κ1) is 26.0. The molecule has 3 unspecified atom stereocenters. The summed E-state index contributed by atoms with van der Waals surface area (Å²) in [6.07, 6.45) is 2.62. The highest BCUT2D eigenvalue weighted by Gasteiger charge is 2.39. The van der Waals surface area contributed by atoms with Gasteiger partial charge < -0.3 is 10.1 Å². The zero-order valence-electron chi connectivity index (χ0n) is 20.6. The number of hydrogen-bond donors (Lipinski definition) is 1. The lowest BCUT2D eigenvalue weighted by Gasteiger charge is -2.42. The van der Waals surface area contributed by atoms with Crippen LogP contribution in [0.2, 0.25) is 0 Å². The number of carbonyl (C=O) groups is 1. The summed E-state index contributed by atoms with van der Waals surface area (Å²) in [6, 6.07) is 20.4. The van der Waals surface area contributed by atoms with Crippen LogP contribution in [0.4, 0.5) is 8.78 Å². The number of benzene rings is 3. The monoisotopic (exact) mass is 568 g/mol. The van der Waals surface area contributed by atoms with E-state index in [0.29, 0.717) is 6.04 Å². The van der Waals surface area contributed by atoms with E-state index in [0.717, 1.165) is 66.7 Å². The van der Waals surface area contributed by atoms with Crippen LogP contribution in [0.5, 0.6) is 0 Å². The third-order valence-electron chi connectivity index (χ3n) is 7.71. The number of nitrogens with zero attached hydrogens (tertiary/aromatic N) is 1. The number of halogens is 3. The number of nitrogens with one attached hydrogen (secondary N) is 1. The second-order valence-corrected chi connectivity index (χ2v) is 10.8. The van der Waals surface area contributed by atoms with Gasteiger partial charge in [0.1, 0.15) is 11.6 Å². The van der Waals surface area contributed by atoms with E-state index in [-0.39, 0.29) is 29.4 Å². The van der Waals surface area contributed by atoms with Crippen LogP contribution >= 0.6 is 15.9 Å². The number of ether oxygens (including phenoxy) is 1. The van der Waals surface area contributed by atoms with Gasteiger partial charge in [0.05, 0.1) is 19.3 Å². The maximum atomic E-state index is 13.9. The lowest BCUT2D eigenvalue weighted by molar-refractivity contribution is -0.127. The van der Waals surface area contributed by atoms with Crippen molar-refractivity contribution in [2.45, 2.75) is 37.3 Å². The van der Waals surface area contributed by atoms with Crippen LogP contribution < -0.4 is 5.32 Å². The van der Waals surface area contributed by atoms with Crippen molar-refractivity contribution < 1.29 is 18.3 Å². The van der Waals surface area contributed by atoms with E-state index >= 15 is 0 Å². The molecule has 1 N–H and O–H groups in total. The Hall–Kier alpha value is -2.61. The van der Waals surface area contributed by atoms with Crippen molar-refractivity contribution >= 4 is 21.8 Å². The van der Waals surface area contributed by atoms with Crippen molar-refractivity contribution in [2.24, 2.45) is 5.92 Å². The van der Waals surface area contributed by atoms with E-state index in [9.17, 15) is 13.6 Å². The smallest absolute Gasteiger partial charge is 0.224 e. The second kappa shape index (κ2) is 11.8. The minimum atomic E-state index is -0.503. The highest BCUT2D eigenvalue weighted by molar-refractivity contribution is 9.10. The fourth-order valence-electron chi connectivity index (χ4n) is 5.73. The molecule has 194 valence electrons. The first-order valence-electron chi connectivity index (χ1n) is 12.9. The highest BCUT2D eigenvalue weighted by atomic mass is 79.9. The molecule has 3 aromatic carbocycles. The van der Waals surface area contributed by atoms with Crippen LogP contribution in [0.15, 0.2) is 77.3 Å². The molecule has 2 fully saturated rings. The Morgan fingerprint density at radius 1 is 0.865 bits per heavy atom. The largest absolute Gasteiger partial charge is 0.379 e. The van der Waals surface area contributed by atoms with Crippen LogP contribution in [0.1, 0.15) is 47.9 Å². The molecule has 1 aliphatic carbocycles. The van der Waals surface area contributed by atoms with E-state index in [1.807, 2.05) is 12.1 Å². The number of hydrogen-bond acceptors (Lipinski definition) is 3. The van der Waals surface area contributed by atoms with Gasteiger partial charge in [0.15, 0.2) is 0 Å². The van der Waals surface area contributed by atoms with Crippen LogP contribution in [0, 0.1) is 17.6 Å². The maximum Gasteiger partial charge on any atom is 0.224 e. The zero-order chi connectivity index (χ0) is 25.8. The molecule has 0 aromatic heterocycles. The molecule has 37 heavy (non-hydrogen) atoms. The summed E-state index contributed by atoms with van der Waals surface area (Å²) in [4.78, 5) is 16.4. The number of carbonyl (C=O) groups excluding carboxylic acids is 1. The highest BCUT2D eigenvalue weighted by Crippen LogP contribution is 2.41. The Kier molecular flexibility index (Phi) is 8.33. The van der Waals surface area contributed by atoms with Gasteiger partial charge in [0.25, 0.3) is 0 Å². The topological polar surface area (TPSA) is 41.6 Å². The first-order valence-corrected chi connectivity index (χ1v) is 13.7. The maximum absolute atomic E-state index is 13.9. The third-order valence-corrected chi connectivity index (χ3v) is 8.24. The molecule has 1 saturated heterocycles. The normalized spacial score (nSPS) is 22.6. The van der Waals surface area contributed by atoms with Gasteiger partial charge in [-0.2, -0.15) is 0 Å². The van der Waals surface area contributed by atoms with Gasteiger partial charge >= 0.3 is 0 Å². The second-order valence-electron chi connectivity index (χ2n) is 9.92. The summed E-state index contributed by atoms with van der Waals surface area (Å²) in [5, 5.41) is 3.24. The molecule has 1 heterocycles. The molecular weight excluding hydrogens is 538 g/mol. The van der Waals surface area contributed by atoms with Crippen molar-refractivity contribution in [3.63, 3.8) is 0 Å². The molecule has 7 heteroatoms. The van der Waals surface area contributed by atoms with Gasteiger partial charge in [-0.15, -0.1) is 0 Å². The predicted molar refractivity (Wildman–Crippen MR) is 143 cm³/mol. The molecule has 3 aromatic rings. The Labute approximate surface area is 225 Å². The van der Waals surface area contributed by atoms with Crippen molar-refractivity contribution in [3.05, 3.63) is 106 Å². The molecule has 0 spiro atoms. The van der Waals surface area contributed by atoms with Crippen molar-refractivity contribution in [1.29, 1.82) is 0 Å². The van der Waals surface area contributed by atoms with Crippen LogP contribution in [-0.4, -0.2) is 43.2 Å². The van der Waals surface area contributed by atoms with Crippen LogP contribution in [0.3, 0.4) is 0 Å². The SMILES string of the molecule is O=C(NC(c1ccc(F)cc1)c1ccc(F)cc1)C1CCC(N2CCOCC2)CC1c1ccc(Br)cc1. The standard InChI is InChI=1S/C30H31BrF2N2O2/c31-23-7-1-20(2-8-23)28-19-26(35-15-17-37-18-16-35)13-14-27(28)30(36)34-29(21-3-9-24(32)10-4-21)22-5-11-25(33)12-6-22/h1-12,26-29H,13-19H2,(H,34,36). The number of morpholine rings is 1. The Balaban J connectivity index is 1.41. The number of amides is 1. The predicted octanol–water partition coefficient (Wildman–Crippen LogP) is 6.22. The fraction of sp³-hybridized carbons (Fsp3) is 0.367. The van der Waals surface area contributed by atoms with E-state index in [1.54, 1.807) is 24.3 Å². The summed E-state index contributed by atoms with van der Waals surface area (Å²) in [7, 11) is 0. The molecular formula is C30H31BrF2N2O2. The molecule has 3 atom stereocenters. The molecule has 0 bridgehead atoms. The van der Waals surface area contributed by atoms with Gasteiger partial charge in [0.2, 0.25) is 5.91 Å². The summed E-state index contributed by atoms with van der Waals surface area (Å²) in [6.45, 7) is 3.35. The fourth-order valence-corrected chi connectivity index (χ4v) is 6.00. The van der Waals surface area contributed by atoms with E-state index < -0.39 is 6.04 Å². The van der Waals surface area contributed by atoms with E-state index in [1.165, 1.54) is 24.3 Å². The van der Waals surface area contributed by atoms with Crippen LogP contribution in [0.25, 0.3) is 0 Å². The number of rotatable bonds is 6. The molecule has 0 radical (unpaired) electrons. The van der Waals surface area contributed by atoms with Crippen molar-refractivity contribution in [1.82, 2.24) is 10.2 Å². The minimum absolute atomic E-state index is 0.0352. The van der Waals surface area contributed by atoms with Gasteiger partial charge in [-0.25, -0.2) is 8.78 Å². The Morgan fingerprint density at radius 2 is 1.43 bits per heavy atom. The third kappa shape index (κ3) is 6.28. The average molecular weight is 569 g/mol. The average Bonchev–Trinajstić information content (AvgIpc) is 2.93. The zero-order valence-corrected chi connectivity index (χ0v) is 22.2. The van der Waals surface area contributed by atoms with E-state index in [4.69, 9.17) is 4.74 Å². The summed E-state index contributed by atoms with van der Waals surface area (Å²) < 4.78 is 33.9. The lowest BCUT2D eigenvalue weighted by atomic mass is 9.72. The minimum Gasteiger partial charge on any atom is -0.379 e. The Bertz CT molecular complexity index is 1140. The van der Waals surface area contributed by atoms with Gasteiger partial charge in [0, 0.05) is 29.5 Å². The summed E-state index contributed by atoms with van der Waals surface area (Å²) >= 11 is 3.53. The van der Waals surface area contributed by atoms with Crippen molar-refractivity contribution in [3.8, 4) is 0 Å². The molecule has 4 nitrogen and oxygen atoms in total. The van der Waals surface area contributed by atoms with Gasteiger partial charge in [-0.05, 0) is 78.3 Å². The lowest BCUT2D eigenvalue weighted by Crippen LogP contribution is -2.48. The molecule has 1 saturated carbocycles. The molecule has 2 aliphatic rings. The summed E-state index contributed by atoms with van der Waals surface area (Å²) in [5.74, 6) is -0.861. The molecule has 1 amide bonds. The first-order chi connectivity index (χ1) is 18.0. The van der Waals surface area contributed by atoms with Crippen LogP contribution in [-0.2, 0) is 9.53 Å². The molecule has 1 aliphatic heterocycles. The molecule has 5 rings (SSSR count). The van der Waals surface area contributed by atoms with E-state index in [2.05, 4.69) is 38.3 Å². The Morgan fingerprint density at radius 3 is 2.00 bits per heavy atom. The van der Waals surface area contributed by atoms with Crippen molar-refractivity contribution in [2.75, 3.05) is 26.3 Å². The summed E-state index contributed by atoms with van der Waals surface area (Å²) in [5.41, 5.74) is 2.66.